The molecule has 3 unspecified atom stereocenters. The van der Waals surface area contributed by atoms with E-state index < -0.39 is 11.8 Å². The quantitative estimate of drug-likeness (QED) is 0.0941. The summed E-state index contributed by atoms with van der Waals surface area (Å²) in [5.41, 5.74) is 0. The Kier molecular flexibility index (Phi) is 19.0. The maximum atomic E-state index is 12.7. The summed E-state index contributed by atoms with van der Waals surface area (Å²) in [6.07, 6.45) is 25.0. The van der Waals surface area contributed by atoms with Gasteiger partial charge in [-0.15, -0.1) is 0 Å². The Bertz CT molecular complexity index is 542. The molecule has 0 radical (unpaired) electrons. The van der Waals surface area contributed by atoms with Gasteiger partial charge in [-0.1, -0.05) is 123 Å². The third-order valence-corrected chi connectivity index (χ3v) is 7.28. The fraction of sp³-hybridized carbons (Fsp3) is 0.867. The summed E-state index contributed by atoms with van der Waals surface area (Å²) in [5.74, 6) is -0.841. The van der Waals surface area contributed by atoms with Gasteiger partial charge in [0.25, 0.3) is 0 Å². The lowest BCUT2D eigenvalue weighted by molar-refractivity contribution is -0.162. The van der Waals surface area contributed by atoms with E-state index in [0.29, 0.717) is 32.0 Å². The van der Waals surface area contributed by atoms with Crippen LogP contribution in [-0.2, 0) is 19.1 Å². The lowest BCUT2D eigenvalue weighted by atomic mass is 9.83. The number of esters is 2. The van der Waals surface area contributed by atoms with E-state index in [4.69, 9.17) is 9.47 Å². The Morgan fingerprint density at radius 3 is 1.65 bits per heavy atom. The maximum absolute atomic E-state index is 12.7. The van der Waals surface area contributed by atoms with Crippen LogP contribution in [0.2, 0.25) is 0 Å². The van der Waals surface area contributed by atoms with Crippen molar-refractivity contribution in [3.8, 4) is 0 Å². The van der Waals surface area contributed by atoms with E-state index >= 15 is 0 Å². The van der Waals surface area contributed by atoms with Crippen LogP contribution in [0.3, 0.4) is 0 Å². The molecule has 0 aromatic rings. The van der Waals surface area contributed by atoms with Crippen LogP contribution in [0.4, 0.5) is 0 Å². The minimum Gasteiger partial charge on any atom is -0.465 e. The maximum Gasteiger partial charge on any atom is 0.310 e. The first-order valence-electron chi connectivity index (χ1n) is 14.6. The molecule has 0 heterocycles. The average Bonchev–Trinajstić information content (AvgIpc) is 2.86. The Morgan fingerprint density at radius 2 is 1.15 bits per heavy atom. The lowest BCUT2D eigenvalue weighted by Gasteiger charge is -2.26. The van der Waals surface area contributed by atoms with Gasteiger partial charge < -0.3 is 9.47 Å². The molecule has 1 rings (SSSR count). The van der Waals surface area contributed by atoms with E-state index in [9.17, 15) is 9.59 Å². The van der Waals surface area contributed by atoms with Gasteiger partial charge in [0.05, 0.1) is 25.0 Å². The Hall–Kier alpha value is -1.32. The molecule has 198 valence electrons. The fourth-order valence-corrected chi connectivity index (χ4v) is 4.76. The molecular formula is C30H54O4. The van der Waals surface area contributed by atoms with Crippen LogP contribution in [0.1, 0.15) is 136 Å². The van der Waals surface area contributed by atoms with E-state index in [0.717, 1.165) is 38.5 Å². The van der Waals surface area contributed by atoms with Crippen molar-refractivity contribution >= 4 is 11.9 Å². The predicted octanol–water partition coefficient (Wildman–Crippen LogP) is 8.57. The Morgan fingerprint density at radius 1 is 0.676 bits per heavy atom. The van der Waals surface area contributed by atoms with Gasteiger partial charge in [-0.2, -0.15) is 0 Å². The molecule has 0 saturated heterocycles. The summed E-state index contributed by atoms with van der Waals surface area (Å²) in [5, 5.41) is 0. The summed E-state index contributed by atoms with van der Waals surface area (Å²) >= 11 is 0. The Labute approximate surface area is 210 Å². The van der Waals surface area contributed by atoms with Gasteiger partial charge in [0.1, 0.15) is 0 Å². The largest absolute Gasteiger partial charge is 0.465 e. The van der Waals surface area contributed by atoms with Crippen molar-refractivity contribution in [2.75, 3.05) is 13.2 Å². The topological polar surface area (TPSA) is 52.6 Å². The second-order valence-corrected chi connectivity index (χ2v) is 10.3. The van der Waals surface area contributed by atoms with Gasteiger partial charge in [0.2, 0.25) is 0 Å². The van der Waals surface area contributed by atoms with Crippen LogP contribution < -0.4 is 0 Å². The molecule has 0 N–H and O–H groups in total. The zero-order chi connectivity index (χ0) is 24.9. The lowest BCUT2D eigenvalue weighted by Crippen LogP contribution is -2.34. The molecule has 1 aliphatic rings. The monoisotopic (exact) mass is 478 g/mol. The first-order chi connectivity index (χ1) is 16.6. The van der Waals surface area contributed by atoms with Crippen LogP contribution in [0, 0.1) is 17.8 Å². The molecule has 3 atom stereocenters. The molecule has 0 aliphatic heterocycles. The third-order valence-electron chi connectivity index (χ3n) is 7.28. The molecule has 34 heavy (non-hydrogen) atoms. The van der Waals surface area contributed by atoms with Crippen LogP contribution in [0.15, 0.2) is 12.2 Å². The number of carbonyl (C=O) groups excluding carboxylic acids is 2. The number of ether oxygens (including phenoxy) is 2. The van der Waals surface area contributed by atoms with Crippen LogP contribution >= 0.6 is 0 Å². The Balaban J connectivity index is 2.17. The van der Waals surface area contributed by atoms with Crippen LogP contribution in [0.5, 0.6) is 0 Å². The number of rotatable bonds is 21. The van der Waals surface area contributed by atoms with Crippen LogP contribution in [0.25, 0.3) is 0 Å². The number of unbranched alkanes of at least 4 members (excludes halogenated alkanes) is 12. The van der Waals surface area contributed by atoms with E-state index in [2.05, 4.69) is 20.8 Å². The molecule has 0 bridgehead atoms. The van der Waals surface area contributed by atoms with Crippen LogP contribution in [-0.4, -0.2) is 25.2 Å². The SMILES string of the molecule is CCCCCCCCCCCCCCOC(=O)C1CC=CCC1C(=O)OCC(CC)CCCC. The molecule has 0 aromatic carbocycles. The first kappa shape index (κ1) is 30.7. The summed E-state index contributed by atoms with van der Waals surface area (Å²) < 4.78 is 11.2. The van der Waals surface area contributed by atoms with Crippen molar-refractivity contribution in [2.24, 2.45) is 17.8 Å². The van der Waals surface area contributed by atoms with Crippen molar-refractivity contribution < 1.29 is 19.1 Å². The highest BCUT2D eigenvalue weighted by molar-refractivity contribution is 5.82. The van der Waals surface area contributed by atoms with E-state index in [-0.39, 0.29) is 11.9 Å². The van der Waals surface area contributed by atoms with E-state index in [1.165, 1.54) is 64.2 Å². The van der Waals surface area contributed by atoms with E-state index in [1.807, 2.05) is 12.2 Å². The van der Waals surface area contributed by atoms with Crippen molar-refractivity contribution in [2.45, 2.75) is 136 Å². The van der Waals surface area contributed by atoms with Gasteiger partial charge in [0, 0.05) is 0 Å². The molecule has 4 nitrogen and oxygen atoms in total. The molecule has 0 saturated carbocycles. The second-order valence-electron chi connectivity index (χ2n) is 10.3. The number of hydrogen-bond acceptors (Lipinski definition) is 4. The van der Waals surface area contributed by atoms with Gasteiger partial charge in [-0.3, -0.25) is 9.59 Å². The summed E-state index contributed by atoms with van der Waals surface area (Å²) in [6.45, 7) is 7.52. The molecule has 0 amide bonds. The first-order valence-corrected chi connectivity index (χ1v) is 14.6. The van der Waals surface area contributed by atoms with Gasteiger partial charge in [0.15, 0.2) is 0 Å². The zero-order valence-electron chi connectivity index (χ0n) is 22.7. The molecule has 0 spiro atoms. The number of allylic oxidation sites excluding steroid dienone is 2. The number of hydrogen-bond donors (Lipinski definition) is 0. The van der Waals surface area contributed by atoms with Crippen molar-refractivity contribution in [1.82, 2.24) is 0 Å². The highest BCUT2D eigenvalue weighted by Gasteiger charge is 2.36. The van der Waals surface area contributed by atoms with Crippen molar-refractivity contribution in [3.63, 3.8) is 0 Å². The minimum absolute atomic E-state index is 0.229. The number of carbonyl (C=O) groups is 2. The molecule has 0 aromatic heterocycles. The fourth-order valence-electron chi connectivity index (χ4n) is 4.76. The van der Waals surface area contributed by atoms with Crippen molar-refractivity contribution in [1.29, 1.82) is 0 Å². The predicted molar refractivity (Wildman–Crippen MR) is 142 cm³/mol. The molecule has 0 fully saturated rings. The average molecular weight is 479 g/mol. The highest BCUT2D eigenvalue weighted by atomic mass is 16.5. The van der Waals surface area contributed by atoms with Gasteiger partial charge >= 0.3 is 11.9 Å². The van der Waals surface area contributed by atoms with E-state index in [1.54, 1.807) is 0 Å². The molecular weight excluding hydrogens is 424 g/mol. The summed E-state index contributed by atoms with van der Waals surface area (Å²) in [7, 11) is 0. The van der Waals surface area contributed by atoms with Gasteiger partial charge in [-0.25, -0.2) is 0 Å². The smallest absolute Gasteiger partial charge is 0.310 e. The molecule has 1 aliphatic carbocycles. The molecule has 4 heteroatoms. The normalized spacial score (nSPS) is 18.6. The second kappa shape index (κ2) is 21.0. The third kappa shape index (κ3) is 14.2. The zero-order valence-corrected chi connectivity index (χ0v) is 22.7. The van der Waals surface area contributed by atoms with Gasteiger partial charge in [-0.05, 0) is 31.6 Å². The standard InChI is InChI=1S/C30H54O4/c1-4-7-9-10-11-12-13-14-15-16-17-20-24-33-29(31)27-22-18-19-23-28(27)30(32)34-25-26(6-3)21-8-5-2/h18-19,26-28H,4-17,20-25H2,1-3H3. The summed E-state index contributed by atoms with van der Waals surface area (Å²) in [6, 6.07) is 0. The van der Waals surface area contributed by atoms with Crippen molar-refractivity contribution in [3.05, 3.63) is 12.2 Å². The highest BCUT2D eigenvalue weighted by Crippen LogP contribution is 2.28. The minimum atomic E-state index is -0.400. The summed E-state index contributed by atoms with van der Waals surface area (Å²) in [4.78, 5) is 25.4.